The number of aliphatic carboxylic acids is 1. The Morgan fingerprint density at radius 1 is 1.16 bits per heavy atom. The van der Waals surface area contributed by atoms with Crippen LogP contribution >= 0.6 is 0 Å². The van der Waals surface area contributed by atoms with E-state index in [1.807, 2.05) is 0 Å². The number of piperazine rings is 1. The van der Waals surface area contributed by atoms with Crippen LogP contribution in [0.5, 0.6) is 0 Å². The summed E-state index contributed by atoms with van der Waals surface area (Å²) in [6, 6.07) is 0.371. The van der Waals surface area contributed by atoms with Crippen molar-refractivity contribution >= 4 is 5.97 Å². The lowest BCUT2D eigenvalue weighted by atomic mass is 9.77. The van der Waals surface area contributed by atoms with Crippen LogP contribution in [0.15, 0.2) is 0 Å². The number of hydrogen-bond acceptors (Lipinski definition) is 3. The number of carboxylic acids is 1. The van der Waals surface area contributed by atoms with Crippen molar-refractivity contribution in [1.82, 2.24) is 9.80 Å². The second-order valence-electron chi connectivity index (χ2n) is 6.42. The fourth-order valence-electron chi connectivity index (χ4n) is 3.68. The third-order valence-electron chi connectivity index (χ3n) is 5.39. The Morgan fingerprint density at radius 2 is 1.79 bits per heavy atom. The average Bonchev–Trinajstić information content (AvgIpc) is 2.41. The smallest absolute Gasteiger partial charge is 0.320 e. The van der Waals surface area contributed by atoms with E-state index in [0.717, 1.165) is 38.0 Å². The van der Waals surface area contributed by atoms with Gasteiger partial charge in [-0.2, -0.15) is 0 Å². The van der Waals surface area contributed by atoms with E-state index < -0.39 is 5.97 Å². The first-order valence-corrected chi connectivity index (χ1v) is 7.71. The Kier molecular flexibility index (Phi) is 4.85. The molecule has 4 heteroatoms. The van der Waals surface area contributed by atoms with Crippen molar-refractivity contribution in [3.05, 3.63) is 0 Å². The van der Waals surface area contributed by atoms with Crippen molar-refractivity contribution in [2.24, 2.45) is 11.8 Å². The standard InChI is InChI=1S/C15H28N2O2/c1-11-5-4-6-14(12(11)2)17-9-7-16(8-10-17)13(3)15(18)19/h11-14H,4-10H2,1-3H3,(H,18,19). The molecule has 0 amide bonds. The molecule has 0 aromatic heterocycles. The van der Waals surface area contributed by atoms with Crippen LogP contribution in [-0.4, -0.2) is 59.1 Å². The van der Waals surface area contributed by atoms with Crippen molar-refractivity contribution in [1.29, 1.82) is 0 Å². The van der Waals surface area contributed by atoms with E-state index in [-0.39, 0.29) is 6.04 Å². The van der Waals surface area contributed by atoms with E-state index in [2.05, 4.69) is 23.6 Å². The van der Waals surface area contributed by atoms with E-state index in [0.29, 0.717) is 6.04 Å². The van der Waals surface area contributed by atoms with Crippen molar-refractivity contribution < 1.29 is 9.90 Å². The molecule has 1 heterocycles. The highest BCUT2D eigenvalue weighted by Crippen LogP contribution is 2.33. The van der Waals surface area contributed by atoms with Gasteiger partial charge < -0.3 is 5.11 Å². The van der Waals surface area contributed by atoms with Crippen LogP contribution in [0.1, 0.15) is 40.0 Å². The predicted octanol–water partition coefficient (Wildman–Crippen LogP) is 1.90. The summed E-state index contributed by atoms with van der Waals surface area (Å²) in [5, 5.41) is 9.07. The molecule has 0 aromatic carbocycles. The number of nitrogens with zero attached hydrogens (tertiary/aromatic N) is 2. The molecule has 2 fully saturated rings. The normalized spacial score (nSPS) is 36.1. The fraction of sp³-hybridized carbons (Fsp3) is 0.933. The van der Waals surface area contributed by atoms with Crippen LogP contribution in [0.4, 0.5) is 0 Å². The van der Waals surface area contributed by atoms with Gasteiger partial charge in [0.2, 0.25) is 0 Å². The lowest BCUT2D eigenvalue weighted by molar-refractivity contribution is -0.143. The second kappa shape index (κ2) is 6.23. The lowest BCUT2D eigenvalue weighted by Gasteiger charge is -2.46. The van der Waals surface area contributed by atoms with E-state index in [9.17, 15) is 4.79 Å². The van der Waals surface area contributed by atoms with Crippen LogP contribution in [0.3, 0.4) is 0 Å². The zero-order valence-corrected chi connectivity index (χ0v) is 12.5. The average molecular weight is 268 g/mol. The van der Waals surface area contributed by atoms with Gasteiger partial charge in [-0.3, -0.25) is 14.6 Å². The van der Waals surface area contributed by atoms with Crippen LogP contribution in [0, 0.1) is 11.8 Å². The van der Waals surface area contributed by atoms with Crippen molar-refractivity contribution in [2.75, 3.05) is 26.2 Å². The lowest BCUT2D eigenvalue weighted by Crippen LogP contribution is -2.56. The van der Waals surface area contributed by atoms with E-state index in [1.165, 1.54) is 19.3 Å². The maximum atomic E-state index is 11.0. The first-order chi connectivity index (χ1) is 9.00. The molecule has 4 nitrogen and oxygen atoms in total. The molecule has 0 spiro atoms. The van der Waals surface area contributed by atoms with Crippen LogP contribution in [-0.2, 0) is 4.79 Å². The molecule has 4 atom stereocenters. The van der Waals surface area contributed by atoms with Gasteiger partial charge in [-0.05, 0) is 25.2 Å². The highest BCUT2D eigenvalue weighted by atomic mass is 16.4. The first-order valence-electron chi connectivity index (χ1n) is 7.71. The minimum Gasteiger partial charge on any atom is -0.480 e. The Morgan fingerprint density at radius 3 is 2.37 bits per heavy atom. The zero-order chi connectivity index (χ0) is 14.0. The molecule has 0 bridgehead atoms. The molecule has 1 aliphatic heterocycles. The predicted molar refractivity (Wildman–Crippen MR) is 76.2 cm³/mol. The third kappa shape index (κ3) is 3.29. The Labute approximate surface area is 116 Å². The molecular weight excluding hydrogens is 240 g/mol. The van der Waals surface area contributed by atoms with Gasteiger partial charge in [-0.1, -0.05) is 26.7 Å². The van der Waals surface area contributed by atoms with Gasteiger partial charge >= 0.3 is 5.97 Å². The molecule has 1 saturated carbocycles. The maximum Gasteiger partial charge on any atom is 0.320 e. The summed E-state index contributed by atoms with van der Waals surface area (Å²) in [6.07, 6.45) is 4.04. The molecular formula is C15H28N2O2. The summed E-state index contributed by atoms with van der Waals surface area (Å²) in [6.45, 7) is 10.4. The summed E-state index contributed by atoms with van der Waals surface area (Å²) >= 11 is 0. The minimum atomic E-state index is -0.701. The van der Waals surface area contributed by atoms with Gasteiger partial charge in [0.15, 0.2) is 0 Å². The molecule has 4 unspecified atom stereocenters. The third-order valence-corrected chi connectivity index (χ3v) is 5.39. The molecule has 19 heavy (non-hydrogen) atoms. The van der Waals surface area contributed by atoms with Gasteiger partial charge in [0.05, 0.1) is 0 Å². The summed E-state index contributed by atoms with van der Waals surface area (Å²) in [7, 11) is 0. The van der Waals surface area contributed by atoms with Crippen LogP contribution in [0.25, 0.3) is 0 Å². The molecule has 1 saturated heterocycles. The second-order valence-corrected chi connectivity index (χ2v) is 6.42. The maximum absolute atomic E-state index is 11.0. The Balaban J connectivity index is 1.87. The molecule has 110 valence electrons. The number of hydrogen-bond donors (Lipinski definition) is 1. The highest BCUT2D eigenvalue weighted by Gasteiger charge is 2.34. The number of rotatable bonds is 3. The summed E-state index contributed by atoms with van der Waals surface area (Å²) in [4.78, 5) is 15.7. The monoisotopic (exact) mass is 268 g/mol. The molecule has 2 rings (SSSR count). The topological polar surface area (TPSA) is 43.8 Å². The minimum absolute atomic E-state index is 0.343. The summed E-state index contributed by atoms with van der Waals surface area (Å²) in [5.74, 6) is 0.903. The van der Waals surface area contributed by atoms with Gasteiger partial charge in [-0.25, -0.2) is 0 Å². The summed E-state index contributed by atoms with van der Waals surface area (Å²) < 4.78 is 0. The van der Waals surface area contributed by atoms with Gasteiger partial charge in [-0.15, -0.1) is 0 Å². The van der Waals surface area contributed by atoms with Crippen molar-refractivity contribution in [2.45, 2.75) is 52.1 Å². The van der Waals surface area contributed by atoms with Gasteiger partial charge in [0, 0.05) is 32.2 Å². The van der Waals surface area contributed by atoms with E-state index in [1.54, 1.807) is 6.92 Å². The number of carbonyl (C=O) groups is 1. The molecule has 0 aromatic rings. The first kappa shape index (κ1) is 14.8. The fourth-order valence-corrected chi connectivity index (χ4v) is 3.68. The molecule has 1 N–H and O–H groups in total. The quantitative estimate of drug-likeness (QED) is 0.849. The van der Waals surface area contributed by atoms with E-state index >= 15 is 0 Å². The van der Waals surface area contributed by atoms with Crippen LogP contribution < -0.4 is 0 Å². The summed E-state index contributed by atoms with van der Waals surface area (Å²) in [5.41, 5.74) is 0. The highest BCUT2D eigenvalue weighted by molar-refractivity contribution is 5.72. The SMILES string of the molecule is CC1CCCC(N2CCN(C(C)C(=O)O)CC2)C1C. The van der Waals surface area contributed by atoms with E-state index in [4.69, 9.17) is 5.11 Å². The largest absolute Gasteiger partial charge is 0.480 e. The molecule has 0 radical (unpaired) electrons. The van der Waals surface area contributed by atoms with Crippen molar-refractivity contribution in [3.8, 4) is 0 Å². The molecule has 2 aliphatic rings. The van der Waals surface area contributed by atoms with Gasteiger partial charge in [0.1, 0.15) is 6.04 Å². The van der Waals surface area contributed by atoms with Crippen molar-refractivity contribution in [3.63, 3.8) is 0 Å². The molecule has 1 aliphatic carbocycles. The number of carboxylic acid groups (broad SMARTS) is 1. The Bertz CT molecular complexity index is 313. The zero-order valence-electron chi connectivity index (χ0n) is 12.5. The van der Waals surface area contributed by atoms with Gasteiger partial charge in [0.25, 0.3) is 0 Å². The van der Waals surface area contributed by atoms with Crippen LogP contribution in [0.2, 0.25) is 0 Å². The Hall–Kier alpha value is -0.610.